The summed E-state index contributed by atoms with van der Waals surface area (Å²) in [5.41, 5.74) is 2.13. The van der Waals surface area contributed by atoms with Crippen molar-refractivity contribution in [2.45, 2.75) is 32.4 Å². The van der Waals surface area contributed by atoms with E-state index in [0.29, 0.717) is 29.5 Å². The van der Waals surface area contributed by atoms with Gasteiger partial charge in [-0.1, -0.05) is 23.7 Å². The van der Waals surface area contributed by atoms with Crippen LogP contribution < -0.4 is 14.8 Å². The molecule has 0 bridgehead atoms. The molecule has 0 saturated carbocycles. The average molecular weight is 482 g/mol. The third-order valence-electron chi connectivity index (χ3n) is 4.87. The molecule has 1 saturated heterocycles. The molecule has 29 heavy (non-hydrogen) atoms. The lowest BCUT2D eigenvalue weighted by Crippen LogP contribution is -2.28. The molecule has 3 rings (SSSR count). The quantitative estimate of drug-likeness (QED) is 0.496. The number of carbonyl (C=O) groups excluding carboxylic acids is 1. The predicted octanol–water partition coefficient (Wildman–Crippen LogP) is 4.79. The maximum Gasteiger partial charge on any atom is 0.222 e. The van der Waals surface area contributed by atoms with Crippen LogP contribution in [0.25, 0.3) is 0 Å². The van der Waals surface area contributed by atoms with E-state index in [-0.39, 0.29) is 5.91 Å². The number of ether oxygens (including phenoxy) is 2. The molecule has 1 aliphatic rings. The Morgan fingerprint density at radius 2 is 2.00 bits per heavy atom. The first kappa shape index (κ1) is 21.9. The number of rotatable bonds is 10. The molecule has 2 aromatic rings. The van der Waals surface area contributed by atoms with Gasteiger partial charge in [0.1, 0.15) is 6.61 Å². The van der Waals surface area contributed by atoms with Crippen molar-refractivity contribution in [3.63, 3.8) is 0 Å². The number of amides is 1. The van der Waals surface area contributed by atoms with Crippen LogP contribution in [0.4, 0.5) is 0 Å². The average Bonchev–Trinajstić information content (AvgIpc) is 3.12. The molecule has 0 atom stereocenters. The van der Waals surface area contributed by atoms with E-state index in [2.05, 4.69) is 21.2 Å². The second kappa shape index (κ2) is 10.9. The normalized spacial score (nSPS) is 13.8. The number of nitrogens with zero attached hydrogens (tertiary/aromatic N) is 1. The van der Waals surface area contributed by atoms with Crippen molar-refractivity contribution >= 4 is 33.4 Å². The van der Waals surface area contributed by atoms with E-state index >= 15 is 0 Å². The van der Waals surface area contributed by atoms with Crippen LogP contribution in [0.15, 0.2) is 40.9 Å². The Morgan fingerprint density at radius 3 is 2.69 bits per heavy atom. The lowest BCUT2D eigenvalue weighted by Gasteiger charge is -2.16. The number of benzene rings is 2. The molecule has 1 fully saturated rings. The molecule has 1 N–H and O–H groups in total. The Kier molecular flexibility index (Phi) is 8.21. The largest absolute Gasteiger partial charge is 0.493 e. The molecule has 1 heterocycles. The molecule has 156 valence electrons. The lowest BCUT2D eigenvalue weighted by molar-refractivity contribution is -0.127. The molecule has 2 aromatic carbocycles. The number of nitrogens with one attached hydrogen (secondary N) is 1. The summed E-state index contributed by atoms with van der Waals surface area (Å²) in [7, 11) is 1.64. The van der Waals surface area contributed by atoms with Crippen LogP contribution in [0.5, 0.6) is 11.5 Å². The van der Waals surface area contributed by atoms with E-state index in [1.54, 1.807) is 7.11 Å². The number of hydrogen-bond donors (Lipinski definition) is 1. The number of likely N-dealkylation sites (tertiary alicyclic amines) is 1. The third-order valence-corrected chi connectivity index (χ3v) is 5.71. The van der Waals surface area contributed by atoms with E-state index in [1.165, 1.54) is 0 Å². The molecular weight excluding hydrogens is 456 g/mol. The van der Waals surface area contributed by atoms with E-state index in [4.69, 9.17) is 21.1 Å². The second-order valence-electron chi connectivity index (χ2n) is 7.04. The van der Waals surface area contributed by atoms with Gasteiger partial charge in [-0.3, -0.25) is 4.79 Å². The van der Waals surface area contributed by atoms with Crippen molar-refractivity contribution in [3.05, 3.63) is 57.0 Å². The number of hydrogen-bond acceptors (Lipinski definition) is 4. The minimum absolute atomic E-state index is 0.285. The molecule has 0 unspecified atom stereocenters. The van der Waals surface area contributed by atoms with Crippen molar-refractivity contribution in [2.75, 3.05) is 26.7 Å². The van der Waals surface area contributed by atoms with Gasteiger partial charge < -0.3 is 19.7 Å². The molecule has 7 heteroatoms. The van der Waals surface area contributed by atoms with Crippen LogP contribution in [-0.4, -0.2) is 37.6 Å². The van der Waals surface area contributed by atoms with E-state index < -0.39 is 0 Å². The molecule has 1 amide bonds. The Morgan fingerprint density at radius 1 is 1.21 bits per heavy atom. The van der Waals surface area contributed by atoms with Gasteiger partial charge in [0.15, 0.2) is 11.5 Å². The molecular formula is C22H26BrClN2O3. The van der Waals surface area contributed by atoms with Crippen LogP contribution in [0.3, 0.4) is 0 Å². The highest BCUT2D eigenvalue weighted by Gasteiger charge is 2.19. The first-order valence-corrected chi connectivity index (χ1v) is 11.0. The van der Waals surface area contributed by atoms with Crippen molar-refractivity contribution in [1.82, 2.24) is 10.2 Å². The Balaban J connectivity index is 1.50. The maximum absolute atomic E-state index is 11.6. The fraction of sp³-hybridized carbons (Fsp3) is 0.409. The standard InChI is InChI=1S/C22H26BrClN2O3/c1-28-20-13-17(14-25-9-3-11-26-10-2-4-21(26)27)12-19(23)22(20)29-15-16-5-7-18(24)8-6-16/h5-8,12-13,25H,2-4,9-11,14-15H2,1H3. The smallest absolute Gasteiger partial charge is 0.222 e. The van der Waals surface area contributed by atoms with Crippen molar-refractivity contribution < 1.29 is 14.3 Å². The van der Waals surface area contributed by atoms with Gasteiger partial charge in [-0.25, -0.2) is 0 Å². The van der Waals surface area contributed by atoms with Gasteiger partial charge in [0.05, 0.1) is 11.6 Å². The van der Waals surface area contributed by atoms with Gasteiger partial charge >= 0.3 is 0 Å². The zero-order valence-corrected chi connectivity index (χ0v) is 18.9. The topological polar surface area (TPSA) is 50.8 Å². The summed E-state index contributed by atoms with van der Waals surface area (Å²) in [4.78, 5) is 13.6. The highest BCUT2D eigenvalue weighted by molar-refractivity contribution is 9.10. The zero-order valence-electron chi connectivity index (χ0n) is 16.5. The summed E-state index contributed by atoms with van der Waals surface area (Å²) in [6, 6.07) is 11.6. The lowest BCUT2D eigenvalue weighted by atomic mass is 10.2. The molecule has 0 aliphatic carbocycles. The number of carbonyl (C=O) groups is 1. The van der Waals surface area contributed by atoms with Gasteiger partial charge in [-0.15, -0.1) is 0 Å². The molecule has 1 aliphatic heterocycles. The van der Waals surface area contributed by atoms with Crippen LogP contribution in [-0.2, 0) is 17.9 Å². The third kappa shape index (κ3) is 6.36. The highest BCUT2D eigenvalue weighted by atomic mass is 79.9. The SMILES string of the molecule is COc1cc(CNCCCN2CCCC2=O)cc(Br)c1OCc1ccc(Cl)cc1. The van der Waals surface area contributed by atoms with Gasteiger partial charge in [-0.05, 0) is 70.7 Å². The van der Waals surface area contributed by atoms with Gasteiger partial charge in [0, 0.05) is 31.1 Å². The zero-order chi connectivity index (χ0) is 20.6. The molecule has 0 spiro atoms. The summed E-state index contributed by atoms with van der Waals surface area (Å²) >= 11 is 9.53. The van der Waals surface area contributed by atoms with Crippen molar-refractivity contribution in [1.29, 1.82) is 0 Å². The van der Waals surface area contributed by atoms with Gasteiger partial charge in [-0.2, -0.15) is 0 Å². The number of methoxy groups -OCH3 is 1. The summed E-state index contributed by atoms with van der Waals surface area (Å²) in [5, 5.41) is 4.14. The summed E-state index contributed by atoms with van der Waals surface area (Å²) in [6.07, 6.45) is 2.65. The minimum Gasteiger partial charge on any atom is -0.493 e. The van der Waals surface area contributed by atoms with Crippen molar-refractivity contribution in [3.8, 4) is 11.5 Å². The molecule has 0 aromatic heterocycles. The van der Waals surface area contributed by atoms with Gasteiger partial charge in [0.2, 0.25) is 5.91 Å². The predicted molar refractivity (Wildman–Crippen MR) is 119 cm³/mol. The monoisotopic (exact) mass is 480 g/mol. The summed E-state index contributed by atoms with van der Waals surface area (Å²) < 4.78 is 12.4. The Bertz CT molecular complexity index is 830. The Labute approximate surface area is 185 Å². The fourth-order valence-electron chi connectivity index (χ4n) is 3.32. The first-order chi connectivity index (χ1) is 14.1. The van der Waals surface area contributed by atoms with Crippen LogP contribution in [0, 0.1) is 0 Å². The van der Waals surface area contributed by atoms with Crippen LogP contribution in [0.2, 0.25) is 5.02 Å². The second-order valence-corrected chi connectivity index (χ2v) is 8.33. The molecule has 0 radical (unpaired) electrons. The number of halogens is 2. The van der Waals surface area contributed by atoms with Crippen molar-refractivity contribution in [2.24, 2.45) is 0 Å². The Hall–Kier alpha value is -1.76. The fourth-order valence-corrected chi connectivity index (χ4v) is 4.05. The highest BCUT2D eigenvalue weighted by Crippen LogP contribution is 2.37. The first-order valence-electron chi connectivity index (χ1n) is 9.79. The van der Waals surface area contributed by atoms with Crippen LogP contribution >= 0.6 is 27.5 Å². The summed E-state index contributed by atoms with van der Waals surface area (Å²) in [5.74, 6) is 1.65. The maximum atomic E-state index is 11.6. The van der Waals surface area contributed by atoms with E-state index in [1.807, 2.05) is 41.3 Å². The van der Waals surface area contributed by atoms with E-state index in [9.17, 15) is 4.79 Å². The molecule has 5 nitrogen and oxygen atoms in total. The van der Waals surface area contributed by atoms with E-state index in [0.717, 1.165) is 54.6 Å². The van der Waals surface area contributed by atoms with Gasteiger partial charge in [0.25, 0.3) is 0 Å². The summed E-state index contributed by atoms with van der Waals surface area (Å²) in [6.45, 7) is 3.74. The van der Waals surface area contributed by atoms with Crippen LogP contribution in [0.1, 0.15) is 30.4 Å². The minimum atomic E-state index is 0.285.